The predicted molar refractivity (Wildman–Crippen MR) is 83.0 cm³/mol. The van der Waals surface area contributed by atoms with Crippen LogP contribution in [0.25, 0.3) is 0 Å². The maximum absolute atomic E-state index is 11.6. The highest BCUT2D eigenvalue weighted by Crippen LogP contribution is 2.30. The summed E-state index contributed by atoms with van der Waals surface area (Å²) in [5, 5.41) is 9.24. The Kier molecular flexibility index (Phi) is 4.03. The molecule has 2 heterocycles. The summed E-state index contributed by atoms with van der Waals surface area (Å²) >= 11 is 1.62. The molecule has 1 atom stereocenters. The van der Waals surface area contributed by atoms with Crippen LogP contribution in [0.5, 0.6) is 0 Å². The smallest absolute Gasteiger partial charge is 0.191 e. The summed E-state index contributed by atoms with van der Waals surface area (Å²) in [5.41, 5.74) is 1.23. The lowest BCUT2D eigenvalue weighted by atomic mass is 10.1. The van der Waals surface area contributed by atoms with Gasteiger partial charge in [0.15, 0.2) is 15.0 Å². The number of hydrogen-bond donors (Lipinski definition) is 0. The van der Waals surface area contributed by atoms with Crippen molar-refractivity contribution < 1.29 is 8.42 Å². The molecule has 0 bridgehead atoms. The molecule has 0 spiro atoms. The van der Waals surface area contributed by atoms with Gasteiger partial charge >= 0.3 is 0 Å². The topological polar surface area (TPSA) is 64.8 Å². The minimum absolute atomic E-state index is 0.0152. The van der Waals surface area contributed by atoms with Crippen LogP contribution in [-0.2, 0) is 22.6 Å². The van der Waals surface area contributed by atoms with Crippen molar-refractivity contribution in [3.63, 3.8) is 0 Å². The van der Waals surface area contributed by atoms with Gasteiger partial charge in [-0.1, -0.05) is 42.1 Å². The van der Waals surface area contributed by atoms with Gasteiger partial charge in [0, 0.05) is 18.7 Å². The molecule has 7 heteroatoms. The van der Waals surface area contributed by atoms with Crippen molar-refractivity contribution in [2.75, 3.05) is 11.5 Å². The van der Waals surface area contributed by atoms with E-state index in [2.05, 4.69) is 22.3 Å². The number of hydrogen-bond acceptors (Lipinski definition) is 5. The highest BCUT2D eigenvalue weighted by molar-refractivity contribution is 7.98. The van der Waals surface area contributed by atoms with Gasteiger partial charge in [0.2, 0.25) is 0 Å². The second-order valence-electron chi connectivity index (χ2n) is 5.27. The summed E-state index contributed by atoms with van der Waals surface area (Å²) < 4.78 is 25.1. The Hall–Kier alpha value is -1.34. The van der Waals surface area contributed by atoms with Crippen LogP contribution in [-0.4, -0.2) is 34.7 Å². The molecule has 2 aromatic rings. The van der Waals surface area contributed by atoms with Crippen LogP contribution < -0.4 is 0 Å². The molecular formula is C14H17N3O2S2. The first-order valence-electron chi connectivity index (χ1n) is 6.81. The number of thioether (sulfide) groups is 1. The summed E-state index contributed by atoms with van der Waals surface area (Å²) in [6.07, 6.45) is 0.650. The van der Waals surface area contributed by atoms with Crippen LogP contribution in [0.3, 0.4) is 0 Å². The average Bonchev–Trinajstić information content (AvgIpc) is 3.00. The van der Waals surface area contributed by atoms with E-state index < -0.39 is 9.84 Å². The molecule has 1 aromatic heterocycles. The van der Waals surface area contributed by atoms with Gasteiger partial charge in [-0.05, 0) is 12.0 Å². The van der Waals surface area contributed by atoms with Gasteiger partial charge in [-0.25, -0.2) is 8.42 Å². The molecule has 21 heavy (non-hydrogen) atoms. The standard InChI is InChI=1S/C14H17N3O2S2/c1-17-13(12-7-8-21(18,19)10-12)15-16-14(17)20-9-11-5-3-2-4-6-11/h2-6,12H,7-10H2,1H3. The summed E-state index contributed by atoms with van der Waals surface area (Å²) in [7, 11) is -0.984. The lowest BCUT2D eigenvalue weighted by Crippen LogP contribution is -2.09. The van der Waals surface area contributed by atoms with Gasteiger partial charge in [0.25, 0.3) is 0 Å². The van der Waals surface area contributed by atoms with Crippen molar-refractivity contribution in [2.24, 2.45) is 7.05 Å². The third kappa shape index (κ3) is 3.29. The Labute approximate surface area is 128 Å². The molecule has 1 fully saturated rings. The van der Waals surface area contributed by atoms with Crippen LogP contribution >= 0.6 is 11.8 Å². The maximum Gasteiger partial charge on any atom is 0.191 e. The quantitative estimate of drug-likeness (QED) is 0.805. The van der Waals surface area contributed by atoms with E-state index in [0.29, 0.717) is 6.42 Å². The minimum Gasteiger partial charge on any atom is -0.309 e. The van der Waals surface area contributed by atoms with Crippen molar-refractivity contribution in [1.29, 1.82) is 0 Å². The first-order valence-corrected chi connectivity index (χ1v) is 9.62. The second-order valence-corrected chi connectivity index (χ2v) is 8.45. The molecule has 1 aliphatic rings. The van der Waals surface area contributed by atoms with Crippen LogP contribution in [0.4, 0.5) is 0 Å². The van der Waals surface area contributed by atoms with E-state index >= 15 is 0 Å². The molecule has 0 saturated carbocycles. The Morgan fingerprint density at radius 3 is 2.71 bits per heavy atom. The summed E-state index contributed by atoms with van der Waals surface area (Å²) in [6, 6.07) is 10.2. The summed E-state index contributed by atoms with van der Waals surface area (Å²) in [5.74, 6) is 2.06. The molecule has 1 saturated heterocycles. The Morgan fingerprint density at radius 2 is 2.05 bits per heavy atom. The predicted octanol–water partition coefficient (Wildman–Crippen LogP) is 2.01. The third-order valence-electron chi connectivity index (χ3n) is 3.68. The Balaban J connectivity index is 1.71. The number of sulfone groups is 1. The summed E-state index contributed by atoms with van der Waals surface area (Å²) in [6.45, 7) is 0. The Bertz CT molecular complexity index is 726. The van der Waals surface area contributed by atoms with E-state index in [1.54, 1.807) is 11.8 Å². The molecule has 0 radical (unpaired) electrons. The van der Waals surface area contributed by atoms with E-state index in [9.17, 15) is 8.42 Å². The molecule has 1 aromatic carbocycles. The van der Waals surface area contributed by atoms with Crippen molar-refractivity contribution in [1.82, 2.24) is 14.8 Å². The van der Waals surface area contributed by atoms with Crippen LogP contribution in [0, 0.1) is 0 Å². The highest BCUT2D eigenvalue weighted by atomic mass is 32.2. The van der Waals surface area contributed by atoms with Crippen molar-refractivity contribution >= 4 is 21.6 Å². The number of aromatic nitrogens is 3. The SMILES string of the molecule is Cn1c(SCc2ccccc2)nnc1C1CCS(=O)(=O)C1. The zero-order chi connectivity index (χ0) is 14.9. The van der Waals surface area contributed by atoms with Crippen LogP contribution in [0.1, 0.15) is 23.7 Å². The minimum atomic E-state index is -2.89. The first kappa shape index (κ1) is 14.6. The number of nitrogens with zero attached hydrogens (tertiary/aromatic N) is 3. The van der Waals surface area contributed by atoms with Gasteiger partial charge in [0.05, 0.1) is 11.5 Å². The van der Waals surface area contributed by atoms with Gasteiger partial charge < -0.3 is 4.57 Å². The highest BCUT2D eigenvalue weighted by Gasteiger charge is 2.32. The summed E-state index contributed by atoms with van der Waals surface area (Å²) in [4.78, 5) is 0. The molecule has 1 unspecified atom stereocenters. The molecule has 112 valence electrons. The molecule has 1 aliphatic heterocycles. The van der Waals surface area contributed by atoms with Crippen molar-refractivity contribution in [3.05, 3.63) is 41.7 Å². The lowest BCUT2D eigenvalue weighted by Gasteiger charge is -2.07. The third-order valence-corrected chi connectivity index (χ3v) is 6.54. The van der Waals surface area contributed by atoms with Gasteiger partial charge in [-0.2, -0.15) is 0 Å². The van der Waals surface area contributed by atoms with Gasteiger partial charge in [0.1, 0.15) is 5.82 Å². The van der Waals surface area contributed by atoms with E-state index in [1.807, 2.05) is 29.8 Å². The fraction of sp³-hybridized carbons (Fsp3) is 0.429. The Morgan fingerprint density at radius 1 is 1.29 bits per heavy atom. The largest absolute Gasteiger partial charge is 0.309 e. The average molecular weight is 323 g/mol. The van der Waals surface area contributed by atoms with Crippen LogP contribution in [0.15, 0.2) is 35.5 Å². The maximum atomic E-state index is 11.6. The monoisotopic (exact) mass is 323 g/mol. The molecule has 3 rings (SSSR count). The van der Waals surface area contributed by atoms with Crippen molar-refractivity contribution in [2.45, 2.75) is 23.2 Å². The molecule has 0 amide bonds. The number of benzene rings is 1. The molecular weight excluding hydrogens is 306 g/mol. The van der Waals surface area contributed by atoms with E-state index in [4.69, 9.17) is 0 Å². The van der Waals surface area contributed by atoms with E-state index in [1.165, 1.54) is 5.56 Å². The van der Waals surface area contributed by atoms with Gasteiger partial charge in [-0.15, -0.1) is 10.2 Å². The second kappa shape index (κ2) is 5.81. The lowest BCUT2D eigenvalue weighted by molar-refractivity contribution is 0.599. The van der Waals surface area contributed by atoms with E-state index in [0.717, 1.165) is 16.7 Å². The molecule has 5 nitrogen and oxygen atoms in total. The van der Waals surface area contributed by atoms with Gasteiger partial charge in [-0.3, -0.25) is 0 Å². The fourth-order valence-corrected chi connectivity index (χ4v) is 5.14. The normalized spacial score (nSPS) is 20.7. The number of rotatable bonds is 4. The van der Waals surface area contributed by atoms with Crippen LogP contribution in [0.2, 0.25) is 0 Å². The van der Waals surface area contributed by atoms with Crippen molar-refractivity contribution in [3.8, 4) is 0 Å². The zero-order valence-corrected chi connectivity index (χ0v) is 13.4. The fourth-order valence-electron chi connectivity index (χ4n) is 2.53. The van der Waals surface area contributed by atoms with E-state index in [-0.39, 0.29) is 17.4 Å². The zero-order valence-electron chi connectivity index (χ0n) is 11.8. The molecule has 0 N–H and O–H groups in total. The molecule has 0 aliphatic carbocycles. The first-order chi connectivity index (χ1) is 10.1.